The van der Waals surface area contributed by atoms with E-state index in [0.717, 1.165) is 64.3 Å². The Kier molecular flexibility index (Phi) is 8.51. The van der Waals surface area contributed by atoms with Gasteiger partial charge in [0.05, 0.1) is 8.07 Å². The summed E-state index contributed by atoms with van der Waals surface area (Å²) in [6, 6.07) is 0. The highest BCUT2D eigenvalue weighted by molar-refractivity contribution is 6.80. The van der Waals surface area contributed by atoms with E-state index in [0.29, 0.717) is 10.8 Å². The maximum atomic E-state index is 4.04. The first kappa shape index (κ1) is 29.4. The van der Waals surface area contributed by atoms with Crippen LogP contribution in [0.15, 0.2) is 12.7 Å². The first-order valence-electron chi connectivity index (χ1n) is 17.4. The molecule has 0 aliphatic heterocycles. The van der Waals surface area contributed by atoms with Crippen LogP contribution in [0.2, 0.25) is 24.2 Å². The molecule has 218 valence electrons. The summed E-state index contributed by atoms with van der Waals surface area (Å²) in [4.78, 5) is 0. The van der Waals surface area contributed by atoms with Crippen LogP contribution in [0.4, 0.5) is 0 Å². The third kappa shape index (κ3) is 5.43. The smallest absolute Gasteiger partial charge is 0.0544 e. The quantitative estimate of drug-likeness (QED) is 0.179. The number of allylic oxidation sites excluding steroid dienone is 1. The van der Waals surface area contributed by atoms with Crippen LogP contribution in [0.3, 0.4) is 0 Å². The minimum atomic E-state index is -1.45. The highest BCUT2D eigenvalue weighted by Gasteiger charge is 2.62. The molecule has 0 spiro atoms. The molecular formula is C37H66Si. The molecule has 0 nitrogen and oxygen atoms in total. The summed E-state index contributed by atoms with van der Waals surface area (Å²) in [6.45, 7) is 25.4. The van der Waals surface area contributed by atoms with E-state index >= 15 is 0 Å². The second kappa shape index (κ2) is 11.0. The van der Waals surface area contributed by atoms with Gasteiger partial charge in [-0.15, -0.1) is 6.58 Å². The van der Waals surface area contributed by atoms with Crippen molar-refractivity contribution in [1.29, 1.82) is 0 Å². The molecule has 1 heteroatoms. The van der Waals surface area contributed by atoms with Crippen LogP contribution in [0.1, 0.15) is 131 Å². The van der Waals surface area contributed by atoms with Crippen molar-refractivity contribution in [3.05, 3.63) is 12.7 Å². The van der Waals surface area contributed by atoms with Crippen molar-refractivity contribution >= 4 is 8.07 Å². The summed E-state index contributed by atoms with van der Waals surface area (Å²) >= 11 is 0. The molecule has 10 unspecified atom stereocenters. The van der Waals surface area contributed by atoms with Crippen LogP contribution in [0.5, 0.6) is 0 Å². The standard InChI is InChI=1S/C37H66Si/c1-10-11-12-15-25-22-34(31-17-14-13-16-28(25)31)38(8,9)35-32-23-26(36(2,3)4)18-20-29(32)30-21-19-27(24-33(30)35)37(5,6)7/h10,25-35H,1,11-24H2,2-9H3. The maximum absolute atomic E-state index is 4.04. The molecule has 38 heavy (non-hydrogen) atoms. The third-order valence-electron chi connectivity index (χ3n) is 14.2. The number of hydrogen-bond donors (Lipinski definition) is 0. The number of fused-ring (bicyclic) bond motifs is 4. The Bertz CT molecular complexity index is 772. The molecule has 0 amide bonds. The van der Waals surface area contributed by atoms with Crippen molar-refractivity contribution in [2.75, 3.05) is 0 Å². The van der Waals surface area contributed by atoms with Crippen LogP contribution >= 0.6 is 0 Å². The Morgan fingerprint density at radius 2 is 1.18 bits per heavy atom. The molecule has 0 radical (unpaired) electrons. The average Bonchev–Trinajstić information content (AvgIpc) is 3.39. The fourth-order valence-electron chi connectivity index (χ4n) is 12.2. The van der Waals surface area contributed by atoms with Crippen molar-refractivity contribution in [3.8, 4) is 0 Å². The predicted octanol–water partition coefficient (Wildman–Crippen LogP) is 11.8. The number of rotatable bonds is 6. The van der Waals surface area contributed by atoms with Crippen LogP contribution in [0, 0.1) is 64.1 Å². The lowest BCUT2D eigenvalue weighted by Crippen LogP contribution is -2.47. The van der Waals surface area contributed by atoms with Crippen molar-refractivity contribution in [2.24, 2.45) is 64.1 Å². The largest absolute Gasteiger partial charge is 0.103 e. The van der Waals surface area contributed by atoms with Gasteiger partial charge in [-0.25, -0.2) is 0 Å². The van der Waals surface area contributed by atoms with E-state index in [1.54, 1.807) is 44.9 Å². The zero-order valence-electron chi connectivity index (χ0n) is 27.0. The lowest BCUT2D eigenvalue weighted by atomic mass is 9.62. The normalized spacial score (nSPS) is 43.8. The van der Waals surface area contributed by atoms with E-state index in [4.69, 9.17) is 0 Å². The zero-order valence-corrected chi connectivity index (χ0v) is 28.0. The van der Waals surface area contributed by atoms with Gasteiger partial charge in [-0.05, 0) is 146 Å². The van der Waals surface area contributed by atoms with Gasteiger partial charge < -0.3 is 0 Å². The third-order valence-corrected chi connectivity index (χ3v) is 19.3. The maximum Gasteiger partial charge on any atom is 0.0544 e. The van der Waals surface area contributed by atoms with Gasteiger partial charge in [0, 0.05) is 0 Å². The molecule has 5 rings (SSSR count). The summed E-state index contributed by atoms with van der Waals surface area (Å²) in [5.41, 5.74) is 3.19. The summed E-state index contributed by atoms with van der Waals surface area (Å²) in [5.74, 6) is 9.36. The summed E-state index contributed by atoms with van der Waals surface area (Å²) in [7, 11) is -1.45. The second-order valence-electron chi connectivity index (χ2n) is 18.2. The lowest BCUT2D eigenvalue weighted by Gasteiger charge is -2.49. The molecule has 5 fully saturated rings. The number of unbranched alkanes of at least 4 members (excludes halogenated alkanes) is 1. The zero-order chi connectivity index (χ0) is 27.5. The minimum absolute atomic E-state index is 0.487. The molecule has 0 aromatic heterocycles. The van der Waals surface area contributed by atoms with E-state index in [-0.39, 0.29) is 0 Å². The Labute approximate surface area is 240 Å². The number of hydrogen-bond acceptors (Lipinski definition) is 0. The van der Waals surface area contributed by atoms with E-state index < -0.39 is 8.07 Å². The van der Waals surface area contributed by atoms with Gasteiger partial charge in [-0.3, -0.25) is 0 Å². The minimum Gasteiger partial charge on any atom is -0.103 e. The molecule has 10 atom stereocenters. The van der Waals surface area contributed by atoms with E-state index in [2.05, 4.69) is 67.3 Å². The SMILES string of the molecule is C=CCCCC1CC([Si](C)(C)C2C3CC(C(C)(C)C)CCC3C3CCC(C(C)(C)C)CC32)C2CCCCC12. The highest BCUT2D eigenvalue weighted by Crippen LogP contribution is 2.70. The second-order valence-corrected chi connectivity index (χ2v) is 23.2. The molecule has 5 aliphatic carbocycles. The molecule has 0 bridgehead atoms. The summed E-state index contributed by atoms with van der Waals surface area (Å²) in [5, 5.41) is 0. The average molecular weight is 539 g/mol. The fraction of sp³-hybridized carbons (Fsp3) is 0.946. The van der Waals surface area contributed by atoms with Gasteiger partial charge in [-0.1, -0.05) is 80.0 Å². The topological polar surface area (TPSA) is 0 Å². The molecule has 0 N–H and O–H groups in total. The molecular weight excluding hydrogens is 472 g/mol. The first-order valence-corrected chi connectivity index (χ1v) is 20.6. The van der Waals surface area contributed by atoms with E-state index in [1.807, 2.05) is 0 Å². The molecule has 5 saturated carbocycles. The van der Waals surface area contributed by atoms with Gasteiger partial charge in [0.25, 0.3) is 0 Å². The molecule has 0 heterocycles. The molecule has 0 saturated heterocycles. The monoisotopic (exact) mass is 538 g/mol. The lowest BCUT2D eigenvalue weighted by molar-refractivity contribution is 0.0722. The van der Waals surface area contributed by atoms with E-state index in [9.17, 15) is 0 Å². The van der Waals surface area contributed by atoms with Gasteiger partial charge in [0.15, 0.2) is 0 Å². The van der Waals surface area contributed by atoms with Crippen molar-refractivity contribution < 1.29 is 0 Å². The Balaban J connectivity index is 1.47. The Morgan fingerprint density at radius 1 is 0.658 bits per heavy atom. The van der Waals surface area contributed by atoms with E-state index in [1.165, 1.54) is 44.9 Å². The highest BCUT2D eigenvalue weighted by atomic mass is 28.3. The fourth-order valence-corrected chi connectivity index (χ4v) is 18.1. The van der Waals surface area contributed by atoms with Crippen LogP contribution in [-0.2, 0) is 0 Å². The van der Waals surface area contributed by atoms with Gasteiger partial charge in [0.2, 0.25) is 0 Å². The van der Waals surface area contributed by atoms with Gasteiger partial charge in [0.1, 0.15) is 0 Å². The Hall–Kier alpha value is -0.0431. The van der Waals surface area contributed by atoms with Crippen LogP contribution in [-0.4, -0.2) is 8.07 Å². The molecule has 5 aliphatic rings. The van der Waals surface area contributed by atoms with Crippen LogP contribution < -0.4 is 0 Å². The molecule has 0 aromatic rings. The van der Waals surface area contributed by atoms with Crippen molar-refractivity contribution in [3.63, 3.8) is 0 Å². The predicted molar refractivity (Wildman–Crippen MR) is 170 cm³/mol. The van der Waals surface area contributed by atoms with Crippen molar-refractivity contribution in [1.82, 2.24) is 0 Å². The first-order chi connectivity index (χ1) is 17.8. The van der Waals surface area contributed by atoms with Gasteiger partial charge >= 0.3 is 0 Å². The van der Waals surface area contributed by atoms with Crippen molar-refractivity contribution in [2.45, 2.75) is 156 Å². The van der Waals surface area contributed by atoms with Crippen LogP contribution in [0.25, 0.3) is 0 Å². The Morgan fingerprint density at radius 3 is 1.68 bits per heavy atom. The van der Waals surface area contributed by atoms with Gasteiger partial charge in [-0.2, -0.15) is 0 Å². The summed E-state index contributed by atoms with van der Waals surface area (Å²) < 4.78 is 0. The molecule has 0 aromatic carbocycles. The summed E-state index contributed by atoms with van der Waals surface area (Å²) in [6.07, 6.45) is 23.4.